The number of benzene rings is 1. The average Bonchev–Trinajstić information content (AvgIpc) is 2.55. The van der Waals surface area contributed by atoms with E-state index in [1.54, 1.807) is 24.3 Å². The van der Waals surface area contributed by atoms with Gasteiger partial charge >= 0.3 is 0 Å². The lowest BCUT2D eigenvalue weighted by Gasteiger charge is -2.10. The van der Waals surface area contributed by atoms with Crippen LogP contribution in [0.4, 0.5) is 5.95 Å². The molecule has 122 valence electrons. The quantitative estimate of drug-likeness (QED) is 0.700. The summed E-state index contributed by atoms with van der Waals surface area (Å²) in [6.45, 7) is 3.67. The molecule has 8 nitrogen and oxygen atoms in total. The van der Waals surface area contributed by atoms with Crippen molar-refractivity contribution in [1.82, 2.24) is 25.2 Å². The Bertz CT molecular complexity index is 975. The Morgan fingerprint density at radius 3 is 2.38 bits per heavy atom. The van der Waals surface area contributed by atoms with Gasteiger partial charge in [0.2, 0.25) is 5.95 Å². The molecule has 2 aromatic heterocycles. The summed E-state index contributed by atoms with van der Waals surface area (Å²) >= 11 is 0. The molecule has 2 N–H and O–H groups in total. The number of fused-ring (bicyclic) bond motifs is 1. The predicted molar refractivity (Wildman–Crippen MR) is 89.6 cm³/mol. The van der Waals surface area contributed by atoms with E-state index in [4.69, 9.17) is 0 Å². The number of amides is 1. The molecule has 0 atom stereocenters. The molecule has 1 amide bonds. The molecule has 0 aliphatic carbocycles. The van der Waals surface area contributed by atoms with E-state index in [9.17, 15) is 9.59 Å². The van der Waals surface area contributed by atoms with Gasteiger partial charge in [-0.2, -0.15) is 5.10 Å². The van der Waals surface area contributed by atoms with Crippen LogP contribution < -0.4 is 16.4 Å². The summed E-state index contributed by atoms with van der Waals surface area (Å²) in [4.78, 5) is 32.9. The van der Waals surface area contributed by atoms with E-state index in [0.29, 0.717) is 10.8 Å². The third kappa shape index (κ3) is 2.94. The van der Waals surface area contributed by atoms with Crippen LogP contribution in [0, 0.1) is 13.8 Å². The fourth-order valence-corrected chi connectivity index (χ4v) is 2.42. The minimum absolute atomic E-state index is 0.143. The number of rotatable bonds is 3. The van der Waals surface area contributed by atoms with E-state index in [1.165, 1.54) is 7.05 Å². The van der Waals surface area contributed by atoms with Crippen LogP contribution in [0.2, 0.25) is 0 Å². The second-order valence-corrected chi connectivity index (χ2v) is 5.38. The van der Waals surface area contributed by atoms with Gasteiger partial charge in [-0.05, 0) is 26.0 Å². The van der Waals surface area contributed by atoms with Gasteiger partial charge in [0.05, 0.1) is 5.39 Å². The summed E-state index contributed by atoms with van der Waals surface area (Å²) in [6.07, 6.45) is 0. The maximum Gasteiger partial charge on any atom is 0.290 e. The van der Waals surface area contributed by atoms with Crippen molar-refractivity contribution < 1.29 is 4.79 Å². The van der Waals surface area contributed by atoms with Crippen LogP contribution in [-0.4, -0.2) is 25.7 Å². The molecule has 0 saturated carbocycles. The van der Waals surface area contributed by atoms with Gasteiger partial charge in [-0.15, -0.1) is 0 Å². The number of hydrogen-bond donors (Lipinski definition) is 2. The summed E-state index contributed by atoms with van der Waals surface area (Å²) in [5, 5.41) is 4.98. The highest BCUT2D eigenvalue weighted by Crippen LogP contribution is 2.13. The number of hydrazine groups is 1. The first kappa shape index (κ1) is 15.6. The van der Waals surface area contributed by atoms with Crippen molar-refractivity contribution in [1.29, 1.82) is 0 Å². The van der Waals surface area contributed by atoms with Gasteiger partial charge in [0.25, 0.3) is 11.5 Å². The molecule has 3 rings (SSSR count). The molecule has 0 bridgehead atoms. The molecule has 8 heteroatoms. The largest absolute Gasteiger partial charge is 0.290 e. The Balaban J connectivity index is 1.92. The van der Waals surface area contributed by atoms with Crippen LogP contribution in [-0.2, 0) is 7.05 Å². The van der Waals surface area contributed by atoms with Crippen LogP contribution in [0.1, 0.15) is 21.9 Å². The Kier molecular flexibility index (Phi) is 3.95. The van der Waals surface area contributed by atoms with Crippen molar-refractivity contribution >= 4 is 22.6 Å². The fourth-order valence-electron chi connectivity index (χ4n) is 2.42. The summed E-state index contributed by atoms with van der Waals surface area (Å²) in [7, 11) is 1.51. The van der Waals surface area contributed by atoms with E-state index in [0.717, 1.165) is 16.1 Å². The minimum atomic E-state index is -0.482. The zero-order valence-electron chi connectivity index (χ0n) is 13.5. The molecule has 0 fully saturated rings. The number of carbonyl (C=O) groups excluding carboxylic acids is 1. The second kappa shape index (κ2) is 6.07. The number of aryl methyl sites for hydroxylation is 3. The monoisotopic (exact) mass is 324 g/mol. The highest BCUT2D eigenvalue weighted by molar-refractivity contribution is 6.05. The van der Waals surface area contributed by atoms with Gasteiger partial charge in [0.1, 0.15) is 0 Å². The zero-order chi connectivity index (χ0) is 17.3. The molecule has 0 unspecified atom stereocenters. The Labute approximate surface area is 137 Å². The second-order valence-electron chi connectivity index (χ2n) is 5.38. The number of nitrogens with zero attached hydrogens (tertiary/aromatic N) is 4. The average molecular weight is 324 g/mol. The van der Waals surface area contributed by atoms with Crippen molar-refractivity contribution in [2.45, 2.75) is 13.8 Å². The van der Waals surface area contributed by atoms with Gasteiger partial charge in [-0.3, -0.25) is 20.4 Å². The maximum absolute atomic E-state index is 12.5. The first-order valence-electron chi connectivity index (χ1n) is 7.30. The van der Waals surface area contributed by atoms with Crippen molar-refractivity contribution in [3.63, 3.8) is 0 Å². The van der Waals surface area contributed by atoms with Crippen molar-refractivity contribution in [3.8, 4) is 0 Å². The molecule has 24 heavy (non-hydrogen) atoms. The summed E-state index contributed by atoms with van der Waals surface area (Å²) < 4.78 is 1.14. The molecule has 0 aliphatic heterocycles. The van der Waals surface area contributed by atoms with Crippen LogP contribution in [0.25, 0.3) is 10.8 Å². The van der Waals surface area contributed by atoms with Gasteiger partial charge in [-0.25, -0.2) is 14.6 Å². The molecule has 2 heterocycles. The molecular weight excluding hydrogens is 308 g/mol. The van der Waals surface area contributed by atoms with E-state index >= 15 is 0 Å². The lowest BCUT2D eigenvalue weighted by molar-refractivity contribution is 0.0957. The molecule has 1 aromatic carbocycles. The summed E-state index contributed by atoms with van der Waals surface area (Å²) in [5.41, 5.74) is 6.64. The van der Waals surface area contributed by atoms with E-state index in [1.807, 2.05) is 19.9 Å². The number of hydrogen-bond acceptors (Lipinski definition) is 6. The van der Waals surface area contributed by atoms with Gasteiger partial charge in [-0.1, -0.05) is 18.2 Å². The number of carbonyl (C=O) groups is 1. The van der Waals surface area contributed by atoms with Crippen molar-refractivity contribution in [3.05, 3.63) is 57.8 Å². The first-order valence-corrected chi connectivity index (χ1v) is 7.30. The summed E-state index contributed by atoms with van der Waals surface area (Å²) in [5.74, 6) is -0.195. The van der Waals surface area contributed by atoms with Crippen LogP contribution in [0.5, 0.6) is 0 Å². The number of nitrogens with one attached hydrogen (secondary N) is 2. The summed E-state index contributed by atoms with van der Waals surface area (Å²) in [6, 6.07) is 8.67. The lowest BCUT2D eigenvalue weighted by atomic mass is 10.1. The third-order valence-electron chi connectivity index (χ3n) is 3.44. The van der Waals surface area contributed by atoms with E-state index < -0.39 is 5.91 Å². The van der Waals surface area contributed by atoms with Gasteiger partial charge in [0.15, 0.2) is 5.69 Å². The SMILES string of the molecule is Cc1cc(C)nc(NNC(=O)c2nn(C)c(=O)c3ccccc23)n1. The van der Waals surface area contributed by atoms with Crippen LogP contribution in [0.15, 0.2) is 35.1 Å². The van der Waals surface area contributed by atoms with Crippen molar-refractivity contribution in [2.75, 3.05) is 5.43 Å². The standard InChI is InChI=1S/C16H16N6O2/c1-9-8-10(2)18-16(17-9)20-19-14(23)13-11-6-4-5-7-12(11)15(24)22(3)21-13/h4-8H,1-3H3,(H,19,23)(H,17,18,20). The zero-order valence-corrected chi connectivity index (χ0v) is 13.5. The highest BCUT2D eigenvalue weighted by atomic mass is 16.2. The maximum atomic E-state index is 12.5. The fraction of sp³-hybridized carbons (Fsp3) is 0.188. The number of aromatic nitrogens is 4. The van der Waals surface area contributed by atoms with Gasteiger partial charge < -0.3 is 0 Å². The highest BCUT2D eigenvalue weighted by Gasteiger charge is 2.15. The Hall–Kier alpha value is -3.29. The molecule has 0 aliphatic rings. The molecule has 0 radical (unpaired) electrons. The van der Waals surface area contributed by atoms with Crippen LogP contribution >= 0.6 is 0 Å². The topological polar surface area (TPSA) is 102 Å². The molecule has 3 aromatic rings. The molecule has 0 spiro atoms. The molecular formula is C16H16N6O2. The van der Waals surface area contributed by atoms with Gasteiger partial charge in [0, 0.05) is 23.8 Å². The third-order valence-corrected chi connectivity index (χ3v) is 3.44. The Morgan fingerprint density at radius 1 is 1.08 bits per heavy atom. The minimum Gasteiger partial charge on any atom is -0.267 e. The normalized spacial score (nSPS) is 10.6. The number of anilines is 1. The van der Waals surface area contributed by atoms with Crippen molar-refractivity contribution in [2.24, 2.45) is 7.05 Å². The Morgan fingerprint density at radius 2 is 1.71 bits per heavy atom. The molecule has 0 saturated heterocycles. The first-order chi connectivity index (χ1) is 11.5. The van der Waals surface area contributed by atoms with E-state index in [2.05, 4.69) is 25.9 Å². The van der Waals surface area contributed by atoms with Crippen LogP contribution in [0.3, 0.4) is 0 Å². The lowest BCUT2D eigenvalue weighted by Crippen LogP contribution is -2.33. The smallest absolute Gasteiger partial charge is 0.267 e. The predicted octanol–water partition coefficient (Wildman–Crippen LogP) is 1.10. The van der Waals surface area contributed by atoms with E-state index in [-0.39, 0.29) is 17.2 Å².